The number of rotatable bonds is 4. The van der Waals surface area contributed by atoms with Gasteiger partial charge >= 0.3 is 0 Å². The Bertz CT molecular complexity index is 786. The van der Waals surface area contributed by atoms with E-state index >= 15 is 0 Å². The molecule has 2 aromatic rings. The third kappa shape index (κ3) is 4.89. The normalized spacial score (nSPS) is 17.7. The smallest absolute Gasteiger partial charge is 0.238 e. The van der Waals surface area contributed by atoms with Crippen molar-refractivity contribution in [3.63, 3.8) is 0 Å². The van der Waals surface area contributed by atoms with Gasteiger partial charge in [0.2, 0.25) is 5.91 Å². The summed E-state index contributed by atoms with van der Waals surface area (Å²) in [4.78, 5) is 14.4. The fourth-order valence-corrected chi connectivity index (χ4v) is 3.06. The molecule has 1 N–H and O–H groups in total. The first kappa shape index (κ1) is 17.6. The fraction of sp³-hybridized carbons (Fsp3) is 0.263. The van der Waals surface area contributed by atoms with E-state index in [9.17, 15) is 4.79 Å². The molecule has 1 aliphatic rings. The van der Waals surface area contributed by atoms with Crippen molar-refractivity contribution >= 4 is 27.5 Å². The minimum absolute atomic E-state index is 0.0310. The van der Waals surface area contributed by atoms with Crippen molar-refractivity contribution in [3.05, 3.63) is 64.1 Å². The van der Waals surface area contributed by atoms with Gasteiger partial charge in [-0.3, -0.25) is 9.69 Å². The highest BCUT2D eigenvalue weighted by atomic mass is 79.9. The van der Waals surface area contributed by atoms with Crippen LogP contribution in [-0.2, 0) is 9.53 Å². The standard InChI is InChI=1S/C19H18BrN3O2/c20-16-6-4-15(5-7-16)18-12-23(8-9-25-18)13-19(24)22-17-3-1-2-14(10-17)11-21/h1-7,10,18H,8-9,12-13H2,(H,22,24). The molecule has 1 unspecified atom stereocenters. The van der Waals surface area contributed by atoms with Crippen LogP contribution in [-0.4, -0.2) is 37.0 Å². The summed E-state index contributed by atoms with van der Waals surface area (Å²) in [6, 6.07) is 17.0. The molecule has 1 saturated heterocycles. The van der Waals surface area contributed by atoms with Gasteiger partial charge in [0.15, 0.2) is 0 Å². The van der Waals surface area contributed by atoms with Gasteiger partial charge < -0.3 is 10.1 Å². The quantitative estimate of drug-likeness (QED) is 0.855. The average molecular weight is 400 g/mol. The number of hydrogen-bond donors (Lipinski definition) is 1. The van der Waals surface area contributed by atoms with Gasteiger partial charge in [0.1, 0.15) is 0 Å². The zero-order valence-electron chi connectivity index (χ0n) is 13.6. The molecule has 1 fully saturated rings. The summed E-state index contributed by atoms with van der Waals surface area (Å²) < 4.78 is 6.87. The number of hydrogen-bond acceptors (Lipinski definition) is 4. The number of nitrogens with one attached hydrogen (secondary N) is 1. The minimum Gasteiger partial charge on any atom is -0.371 e. The fourth-order valence-electron chi connectivity index (χ4n) is 2.80. The predicted molar refractivity (Wildman–Crippen MR) is 99.1 cm³/mol. The molecule has 5 nitrogen and oxygen atoms in total. The second kappa shape index (κ2) is 8.26. The second-order valence-electron chi connectivity index (χ2n) is 5.89. The SMILES string of the molecule is N#Cc1cccc(NC(=O)CN2CCOC(c3ccc(Br)cc3)C2)c1. The molecule has 1 aliphatic heterocycles. The predicted octanol–water partition coefficient (Wildman–Crippen LogP) is 3.33. The van der Waals surface area contributed by atoms with Gasteiger partial charge in [0.05, 0.1) is 30.9 Å². The topological polar surface area (TPSA) is 65.4 Å². The number of morpholine rings is 1. The van der Waals surface area contributed by atoms with Gasteiger partial charge in [-0.1, -0.05) is 34.1 Å². The highest BCUT2D eigenvalue weighted by molar-refractivity contribution is 9.10. The Morgan fingerprint density at radius 1 is 1.32 bits per heavy atom. The number of nitriles is 1. The highest BCUT2D eigenvalue weighted by Crippen LogP contribution is 2.23. The Balaban J connectivity index is 1.57. The summed E-state index contributed by atoms with van der Waals surface area (Å²) >= 11 is 3.43. The van der Waals surface area contributed by atoms with Crippen molar-refractivity contribution < 1.29 is 9.53 Å². The number of carbonyl (C=O) groups is 1. The van der Waals surface area contributed by atoms with Crippen LogP contribution in [0.4, 0.5) is 5.69 Å². The van der Waals surface area contributed by atoms with Crippen LogP contribution in [0.2, 0.25) is 0 Å². The number of halogens is 1. The Labute approximate surface area is 155 Å². The van der Waals surface area contributed by atoms with Crippen LogP contribution in [0.5, 0.6) is 0 Å². The molecule has 0 radical (unpaired) electrons. The molecule has 128 valence electrons. The van der Waals surface area contributed by atoms with Crippen molar-refractivity contribution in [3.8, 4) is 6.07 Å². The molecular formula is C19H18BrN3O2. The van der Waals surface area contributed by atoms with Crippen molar-refractivity contribution in [1.82, 2.24) is 4.90 Å². The molecule has 0 aromatic heterocycles. The summed E-state index contributed by atoms with van der Waals surface area (Å²) in [5, 5.41) is 11.8. The van der Waals surface area contributed by atoms with E-state index in [2.05, 4.69) is 32.2 Å². The van der Waals surface area contributed by atoms with E-state index < -0.39 is 0 Å². The van der Waals surface area contributed by atoms with Crippen molar-refractivity contribution in [2.24, 2.45) is 0 Å². The van der Waals surface area contributed by atoms with E-state index in [0.29, 0.717) is 30.9 Å². The molecule has 1 amide bonds. The Hall–Kier alpha value is -2.20. The molecule has 1 atom stereocenters. The third-order valence-electron chi connectivity index (χ3n) is 4.04. The summed E-state index contributed by atoms with van der Waals surface area (Å²) in [7, 11) is 0. The maximum atomic E-state index is 12.3. The third-order valence-corrected chi connectivity index (χ3v) is 4.56. The lowest BCUT2D eigenvalue weighted by atomic mass is 10.1. The van der Waals surface area contributed by atoms with E-state index in [1.807, 2.05) is 24.3 Å². The molecule has 0 saturated carbocycles. The molecule has 0 spiro atoms. The highest BCUT2D eigenvalue weighted by Gasteiger charge is 2.23. The van der Waals surface area contributed by atoms with Gasteiger partial charge in [-0.05, 0) is 35.9 Å². The summed E-state index contributed by atoms with van der Waals surface area (Å²) in [6.07, 6.45) is -0.0310. The largest absolute Gasteiger partial charge is 0.371 e. The summed E-state index contributed by atoms with van der Waals surface area (Å²) in [5.74, 6) is -0.0912. The lowest BCUT2D eigenvalue weighted by Crippen LogP contribution is -2.42. The molecule has 0 bridgehead atoms. The van der Waals surface area contributed by atoms with E-state index in [1.54, 1.807) is 24.3 Å². The molecule has 1 heterocycles. The number of anilines is 1. The van der Waals surface area contributed by atoms with Gasteiger partial charge in [-0.25, -0.2) is 0 Å². The summed E-state index contributed by atoms with van der Waals surface area (Å²) in [6.45, 7) is 2.29. The van der Waals surface area contributed by atoms with Crippen LogP contribution in [0.1, 0.15) is 17.2 Å². The Kier molecular flexibility index (Phi) is 5.82. The van der Waals surface area contributed by atoms with E-state index in [-0.39, 0.29) is 12.0 Å². The molecule has 6 heteroatoms. The number of nitrogens with zero attached hydrogens (tertiary/aromatic N) is 2. The van der Waals surface area contributed by atoms with Gasteiger partial charge in [0, 0.05) is 23.2 Å². The first-order valence-corrected chi connectivity index (χ1v) is 8.83. The van der Waals surface area contributed by atoms with Gasteiger partial charge in [-0.2, -0.15) is 5.26 Å². The number of benzene rings is 2. The number of amides is 1. The average Bonchev–Trinajstić information content (AvgIpc) is 2.62. The van der Waals surface area contributed by atoms with Gasteiger partial charge in [-0.15, -0.1) is 0 Å². The Morgan fingerprint density at radius 2 is 2.12 bits per heavy atom. The van der Waals surface area contributed by atoms with Crippen LogP contribution < -0.4 is 5.32 Å². The lowest BCUT2D eigenvalue weighted by molar-refractivity contribution is -0.119. The molecular weight excluding hydrogens is 382 g/mol. The van der Waals surface area contributed by atoms with Crippen LogP contribution in [0.15, 0.2) is 53.0 Å². The molecule has 3 rings (SSSR count). The summed E-state index contributed by atoms with van der Waals surface area (Å²) in [5.41, 5.74) is 2.27. The first-order chi connectivity index (χ1) is 12.1. The molecule has 2 aromatic carbocycles. The van der Waals surface area contributed by atoms with Crippen molar-refractivity contribution in [2.45, 2.75) is 6.10 Å². The maximum Gasteiger partial charge on any atom is 0.238 e. The monoisotopic (exact) mass is 399 g/mol. The zero-order chi connectivity index (χ0) is 17.6. The second-order valence-corrected chi connectivity index (χ2v) is 6.80. The molecule has 25 heavy (non-hydrogen) atoms. The van der Waals surface area contributed by atoms with Crippen LogP contribution in [0.25, 0.3) is 0 Å². The lowest BCUT2D eigenvalue weighted by Gasteiger charge is -2.32. The molecule has 0 aliphatic carbocycles. The van der Waals surface area contributed by atoms with E-state index in [1.165, 1.54) is 0 Å². The Morgan fingerprint density at radius 3 is 2.88 bits per heavy atom. The zero-order valence-corrected chi connectivity index (χ0v) is 15.2. The van der Waals surface area contributed by atoms with Gasteiger partial charge in [0.25, 0.3) is 0 Å². The van der Waals surface area contributed by atoms with E-state index in [4.69, 9.17) is 10.00 Å². The first-order valence-electron chi connectivity index (χ1n) is 8.03. The van der Waals surface area contributed by atoms with Crippen molar-refractivity contribution in [2.75, 3.05) is 31.6 Å². The van der Waals surface area contributed by atoms with Crippen LogP contribution in [0.3, 0.4) is 0 Å². The van der Waals surface area contributed by atoms with Crippen LogP contribution in [0, 0.1) is 11.3 Å². The van der Waals surface area contributed by atoms with Crippen LogP contribution >= 0.6 is 15.9 Å². The minimum atomic E-state index is -0.0912. The number of ether oxygens (including phenoxy) is 1. The van der Waals surface area contributed by atoms with E-state index in [0.717, 1.165) is 16.6 Å². The van der Waals surface area contributed by atoms with Crippen molar-refractivity contribution in [1.29, 1.82) is 5.26 Å². The maximum absolute atomic E-state index is 12.3. The number of carbonyl (C=O) groups excluding carboxylic acids is 1.